The number of carboxylic acid groups (broad SMARTS) is 1. The first kappa shape index (κ1) is 10.4. The summed E-state index contributed by atoms with van der Waals surface area (Å²) in [5.41, 5.74) is 0. The van der Waals surface area contributed by atoms with Gasteiger partial charge in [-0.2, -0.15) is 5.06 Å². The number of carbonyl (C=O) groups is 1. The molecule has 0 radical (unpaired) electrons. The number of carboxylic acids is 1. The Labute approximate surface area is 66.4 Å². The lowest BCUT2D eigenvalue weighted by Crippen LogP contribution is -2.30. The second-order valence-electron chi connectivity index (χ2n) is 2.45. The summed E-state index contributed by atoms with van der Waals surface area (Å²) in [5, 5.41) is 18.6. The van der Waals surface area contributed by atoms with Gasteiger partial charge in [0, 0.05) is 13.1 Å². The summed E-state index contributed by atoms with van der Waals surface area (Å²) in [4.78, 5) is 10.4. The summed E-state index contributed by atoms with van der Waals surface area (Å²) < 4.78 is 0. The molecule has 0 saturated heterocycles. The van der Waals surface area contributed by atoms with Crippen LogP contribution in [0.15, 0.2) is 0 Å². The van der Waals surface area contributed by atoms with Gasteiger partial charge in [0.2, 0.25) is 0 Å². The van der Waals surface area contributed by atoms with E-state index >= 15 is 0 Å². The van der Waals surface area contributed by atoms with Crippen molar-refractivity contribution in [1.29, 1.82) is 0 Å². The molecule has 66 valence electrons. The lowest BCUT2D eigenvalue weighted by Gasteiger charge is -2.16. The van der Waals surface area contributed by atoms with Crippen molar-refractivity contribution in [2.75, 3.05) is 13.1 Å². The molecule has 0 aromatic carbocycles. The average molecular weight is 161 g/mol. The van der Waals surface area contributed by atoms with Gasteiger partial charge >= 0.3 is 5.97 Å². The number of hydrogen-bond donors (Lipinski definition) is 2. The van der Waals surface area contributed by atoms with E-state index in [4.69, 9.17) is 10.3 Å². The zero-order chi connectivity index (χ0) is 8.85. The average Bonchev–Trinajstić information content (AvgIpc) is 1.99. The van der Waals surface area contributed by atoms with Crippen molar-refractivity contribution in [3.05, 3.63) is 0 Å². The van der Waals surface area contributed by atoms with Crippen LogP contribution in [-0.2, 0) is 4.79 Å². The molecule has 0 aliphatic rings. The van der Waals surface area contributed by atoms with Crippen LogP contribution in [-0.4, -0.2) is 34.4 Å². The molecule has 0 spiro atoms. The van der Waals surface area contributed by atoms with Crippen LogP contribution in [0.4, 0.5) is 0 Å². The summed E-state index contributed by atoms with van der Waals surface area (Å²) in [6.07, 6.45) is 0.548. The van der Waals surface area contributed by atoms with Gasteiger partial charge in [-0.1, -0.05) is 13.8 Å². The second kappa shape index (κ2) is 5.09. The third kappa shape index (κ3) is 3.95. The van der Waals surface area contributed by atoms with E-state index in [-0.39, 0.29) is 6.54 Å². The first-order chi connectivity index (χ1) is 5.11. The highest BCUT2D eigenvalue weighted by atomic mass is 16.5. The number of aliphatic carboxylic acids is 1. The fourth-order valence-electron chi connectivity index (χ4n) is 0.765. The molecular formula is C7H15NO3. The van der Waals surface area contributed by atoms with Crippen molar-refractivity contribution in [3.63, 3.8) is 0 Å². The van der Waals surface area contributed by atoms with E-state index < -0.39 is 11.9 Å². The number of hydrogen-bond acceptors (Lipinski definition) is 3. The molecule has 0 rings (SSSR count). The standard InChI is InChI=1S/C7H15NO3/c1-3-6(7(9)10)5-8(11)4-2/h6,11H,3-5H2,1-2H3,(H,9,10). The highest BCUT2D eigenvalue weighted by Gasteiger charge is 2.16. The fourth-order valence-corrected chi connectivity index (χ4v) is 0.765. The lowest BCUT2D eigenvalue weighted by molar-refractivity contribution is -0.149. The van der Waals surface area contributed by atoms with Crippen molar-refractivity contribution in [1.82, 2.24) is 5.06 Å². The molecule has 0 aliphatic carbocycles. The molecule has 4 nitrogen and oxygen atoms in total. The summed E-state index contributed by atoms with van der Waals surface area (Å²) in [7, 11) is 0. The van der Waals surface area contributed by atoms with Crippen LogP contribution in [0, 0.1) is 5.92 Å². The van der Waals surface area contributed by atoms with Crippen LogP contribution in [0.3, 0.4) is 0 Å². The Balaban J connectivity index is 3.77. The topological polar surface area (TPSA) is 60.8 Å². The Morgan fingerprint density at radius 2 is 2.09 bits per heavy atom. The molecule has 0 bridgehead atoms. The van der Waals surface area contributed by atoms with Gasteiger partial charge in [0.1, 0.15) is 0 Å². The van der Waals surface area contributed by atoms with Crippen LogP contribution in [0.25, 0.3) is 0 Å². The van der Waals surface area contributed by atoms with E-state index in [0.717, 1.165) is 5.06 Å². The smallest absolute Gasteiger partial charge is 0.307 e. The summed E-state index contributed by atoms with van der Waals surface area (Å²) in [6.45, 7) is 4.24. The van der Waals surface area contributed by atoms with E-state index in [0.29, 0.717) is 13.0 Å². The van der Waals surface area contributed by atoms with E-state index in [1.165, 1.54) is 0 Å². The SMILES string of the molecule is CCC(CN(O)CC)C(=O)O. The van der Waals surface area contributed by atoms with Crippen molar-refractivity contribution in [2.45, 2.75) is 20.3 Å². The predicted molar refractivity (Wildman–Crippen MR) is 40.5 cm³/mol. The lowest BCUT2D eigenvalue weighted by atomic mass is 10.1. The van der Waals surface area contributed by atoms with Crippen LogP contribution in [0.1, 0.15) is 20.3 Å². The minimum Gasteiger partial charge on any atom is -0.481 e. The third-order valence-electron chi connectivity index (χ3n) is 1.64. The first-order valence-electron chi connectivity index (χ1n) is 3.78. The van der Waals surface area contributed by atoms with Crippen molar-refractivity contribution in [2.24, 2.45) is 5.92 Å². The van der Waals surface area contributed by atoms with Crippen LogP contribution in [0.2, 0.25) is 0 Å². The first-order valence-corrected chi connectivity index (χ1v) is 3.78. The molecule has 2 N–H and O–H groups in total. The third-order valence-corrected chi connectivity index (χ3v) is 1.64. The van der Waals surface area contributed by atoms with Crippen molar-refractivity contribution < 1.29 is 15.1 Å². The zero-order valence-electron chi connectivity index (χ0n) is 6.95. The molecule has 0 heterocycles. The van der Waals surface area contributed by atoms with Crippen LogP contribution in [0.5, 0.6) is 0 Å². The van der Waals surface area contributed by atoms with Gasteiger partial charge in [0.05, 0.1) is 5.92 Å². The Hall–Kier alpha value is -0.610. The summed E-state index contributed by atoms with van der Waals surface area (Å²) in [6, 6.07) is 0. The molecule has 0 aliphatic heterocycles. The molecule has 0 aromatic heterocycles. The summed E-state index contributed by atoms with van der Waals surface area (Å²) >= 11 is 0. The van der Waals surface area contributed by atoms with Gasteiger partial charge in [0.25, 0.3) is 0 Å². The van der Waals surface area contributed by atoms with E-state index in [9.17, 15) is 4.79 Å². The maximum atomic E-state index is 10.4. The highest BCUT2D eigenvalue weighted by molar-refractivity contribution is 5.70. The minimum atomic E-state index is -0.847. The Morgan fingerprint density at radius 3 is 2.36 bits per heavy atom. The van der Waals surface area contributed by atoms with Gasteiger partial charge in [0.15, 0.2) is 0 Å². The minimum absolute atomic E-state index is 0.211. The fraction of sp³-hybridized carbons (Fsp3) is 0.857. The van der Waals surface area contributed by atoms with E-state index in [1.54, 1.807) is 13.8 Å². The molecule has 0 saturated carbocycles. The van der Waals surface area contributed by atoms with Gasteiger partial charge in [-0.15, -0.1) is 0 Å². The van der Waals surface area contributed by atoms with Gasteiger partial charge in [-0.05, 0) is 6.42 Å². The largest absolute Gasteiger partial charge is 0.481 e. The predicted octanol–water partition coefficient (Wildman–Crippen LogP) is 0.808. The Bertz CT molecular complexity index is 127. The Kier molecular flexibility index (Phi) is 4.81. The van der Waals surface area contributed by atoms with E-state index in [2.05, 4.69) is 0 Å². The Morgan fingerprint density at radius 1 is 1.55 bits per heavy atom. The van der Waals surface area contributed by atoms with Crippen LogP contribution >= 0.6 is 0 Å². The maximum Gasteiger partial charge on any atom is 0.307 e. The molecule has 0 aromatic rings. The molecule has 1 unspecified atom stereocenters. The summed E-state index contributed by atoms with van der Waals surface area (Å²) in [5.74, 6) is -1.31. The monoisotopic (exact) mass is 161 g/mol. The van der Waals surface area contributed by atoms with Gasteiger partial charge < -0.3 is 10.3 Å². The van der Waals surface area contributed by atoms with Gasteiger partial charge in [-0.3, -0.25) is 4.79 Å². The molecule has 11 heavy (non-hydrogen) atoms. The number of rotatable bonds is 5. The highest BCUT2D eigenvalue weighted by Crippen LogP contribution is 2.03. The number of hydroxylamine groups is 2. The number of nitrogens with zero attached hydrogens (tertiary/aromatic N) is 1. The molecule has 0 fully saturated rings. The molecule has 4 heteroatoms. The van der Waals surface area contributed by atoms with Crippen molar-refractivity contribution in [3.8, 4) is 0 Å². The zero-order valence-corrected chi connectivity index (χ0v) is 6.95. The van der Waals surface area contributed by atoms with E-state index in [1.807, 2.05) is 0 Å². The van der Waals surface area contributed by atoms with Crippen molar-refractivity contribution >= 4 is 5.97 Å². The second-order valence-corrected chi connectivity index (χ2v) is 2.45. The quantitative estimate of drug-likeness (QED) is 0.586. The van der Waals surface area contributed by atoms with Crippen LogP contribution < -0.4 is 0 Å². The molecule has 1 atom stereocenters. The maximum absolute atomic E-state index is 10.4. The van der Waals surface area contributed by atoms with Gasteiger partial charge in [-0.25, -0.2) is 0 Å². The normalized spacial score (nSPS) is 13.5. The molecular weight excluding hydrogens is 146 g/mol. The molecule has 0 amide bonds.